The Labute approximate surface area is 174 Å². The number of hydrogen-bond donors (Lipinski definition) is 3. The average Bonchev–Trinajstić information content (AvgIpc) is 2.82. The lowest BCUT2D eigenvalue weighted by molar-refractivity contribution is 0.0954. The molecule has 3 N–H and O–H groups in total. The normalized spacial score (nSPS) is 10.3. The minimum Gasteiger partial charge on any atom is -0.400 e. The first-order valence-electron chi connectivity index (χ1n) is 9.04. The molecule has 0 aliphatic rings. The first-order chi connectivity index (χ1) is 14.7. The Morgan fingerprint density at radius 2 is 1.07 bits per heavy atom. The first-order valence-corrected chi connectivity index (χ1v) is 9.04. The van der Waals surface area contributed by atoms with Crippen LogP contribution < -0.4 is 10.9 Å². The van der Waals surface area contributed by atoms with Crippen LogP contribution in [0.2, 0.25) is 0 Å². The molecule has 7 nitrogen and oxygen atoms in total. The number of amides is 2. The Bertz CT molecular complexity index is 924. The third kappa shape index (κ3) is 7.14. The van der Waals surface area contributed by atoms with E-state index in [9.17, 15) is 9.59 Å². The van der Waals surface area contributed by atoms with Gasteiger partial charge < -0.3 is 5.11 Å². The van der Waals surface area contributed by atoms with Crippen LogP contribution in [0.25, 0.3) is 0 Å². The number of nitrogens with one attached hydrogen (secondary N) is 2. The van der Waals surface area contributed by atoms with E-state index in [1.165, 1.54) is 6.07 Å². The molecular formula is C23H22N4O3. The Morgan fingerprint density at radius 3 is 1.47 bits per heavy atom. The van der Waals surface area contributed by atoms with Crippen molar-refractivity contribution in [2.75, 3.05) is 7.11 Å². The number of hydrazone groups is 2. The molecule has 0 aromatic heterocycles. The summed E-state index contributed by atoms with van der Waals surface area (Å²) in [7, 11) is 1.00. The van der Waals surface area contributed by atoms with E-state index in [-0.39, 0.29) is 0 Å². The number of hydrogen-bond acceptors (Lipinski definition) is 5. The summed E-state index contributed by atoms with van der Waals surface area (Å²) >= 11 is 0. The number of carbonyl (C=O) groups is 2. The molecule has 7 heteroatoms. The van der Waals surface area contributed by atoms with Crippen molar-refractivity contribution >= 4 is 24.2 Å². The van der Waals surface area contributed by atoms with Gasteiger partial charge in [-0.2, -0.15) is 10.2 Å². The summed E-state index contributed by atoms with van der Waals surface area (Å²) in [4.78, 5) is 24.4. The van der Waals surface area contributed by atoms with Gasteiger partial charge in [0, 0.05) is 18.2 Å². The van der Waals surface area contributed by atoms with Crippen LogP contribution >= 0.6 is 0 Å². The monoisotopic (exact) mass is 402 g/mol. The van der Waals surface area contributed by atoms with Crippen LogP contribution in [0.4, 0.5) is 0 Å². The molecule has 0 saturated carbocycles. The molecule has 30 heavy (non-hydrogen) atoms. The number of aliphatic hydroxyl groups is 1. The van der Waals surface area contributed by atoms with Gasteiger partial charge in [-0.3, -0.25) is 9.59 Å². The van der Waals surface area contributed by atoms with Crippen molar-refractivity contribution in [3.05, 3.63) is 107 Å². The van der Waals surface area contributed by atoms with Crippen molar-refractivity contribution in [1.82, 2.24) is 10.9 Å². The molecule has 152 valence electrons. The number of aliphatic hydroxyl groups excluding tert-OH is 1. The SMILES string of the molecule is CO.O=C(N/N=C/c1ccccc1)c1cccc(C(=O)N/N=C/c2ccccc2)c1. The Balaban J connectivity index is 0.00000155. The fraction of sp³-hybridized carbons (Fsp3) is 0.0435. The smallest absolute Gasteiger partial charge is 0.271 e. The second-order valence-electron chi connectivity index (χ2n) is 5.80. The van der Waals surface area contributed by atoms with Crippen LogP contribution in [0.1, 0.15) is 31.8 Å². The summed E-state index contributed by atoms with van der Waals surface area (Å²) in [6, 6.07) is 25.1. The second kappa shape index (κ2) is 12.4. The standard InChI is InChI=1S/C22H18N4O2.CH4O/c27-21(25-23-15-17-8-3-1-4-9-17)19-12-7-13-20(14-19)22(28)26-24-16-18-10-5-2-6-11-18;1-2/h1-16H,(H,25,27)(H,26,28);2H,1H3/b23-15+,24-16+;. The number of carbonyl (C=O) groups excluding carboxylic acids is 2. The molecule has 0 aliphatic carbocycles. The highest BCUT2D eigenvalue weighted by atomic mass is 16.2. The van der Waals surface area contributed by atoms with E-state index >= 15 is 0 Å². The molecule has 0 saturated heterocycles. The highest BCUT2D eigenvalue weighted by Gasteiger charge is 2.09. The van der Waals surface area contributed by atoms with Crippen molar-refractivity contribution < 1.29 is 14.7 Å². The fourth-order valence-corrected chi connectivity index (χ4v) is 2.34. The maximum atomic E-state index is 12.2. The van der Waals surface area contributed by atoms with Gasteiger partial charge in [0.25, 0.3) is 11.8 Å². The van der Waals surface area contributed by atoms with Crippen LogP contribution in [-0.2, 0) is 0 Å². The van der Waals surface area contributed by atoms with E-state index in [4.69, 9.17) is 5.11 Å². The molecule has 0 atom stereocenters. The van der Waals surface area contributed by atoms with E-state index in [1.807, 2.05) is 60.7 Å². The molecule has 3 aromatic rings. The third-order valence-electron chi connectivity index (χ3n) is 3.75. The maximum absolute atomic E-state index is 12.2. The molecular weight excluding hydrogens is 380 g/mol. The summed E-state index contributed by atoms with van der Waals surface area (Å²) in [5, 5.41) is 14.9. The van der Waals surface area contributed by atoms with E-state index in [2.05, 4.69) is 21.1 Å². The van der Waals surface area contributed by atoms with Crippen molar-refractivity contribution in [2.45, 2.75) is 0 Å². The lowest BCUT2D eigenvalue weighted by atomic mass is 10.1. The van der Waals surface area contributed by atoms with E-state index in [0.29, 0.717) is 11.1 Å². The lowest BCUT2D eigenvalue weighted by Crippen LogP contribution is -2.20. The van der Waals surface area contributed by atoms with Gasteiger partial charge in [-0.25, -0.2) is 10.9 Å². The zero-order valence-electron chi connectivity index (χ0n) is 16.4. The topological polar surface area (TPSA) is 103 Å². The van der Waals surface area contributed by atoms with Gasteiger partial charge in [0.05, 0.1) is 12.4 Å². The molecule has 3 rings (SSSR count). The van der Waals surface area contributed by atoms with Gasteiger partial charge in [-0.05, 0) is 29.3 Å². The lowest BCUT2D eigenvalue weighted by Gasteiger charge is -2.03. The van der Waals surface area contributed by atoms with Crippen LogP contribution in [0.3, 0.4) is 0 Å². The summed E-state index contributed by atoms with van der Waals surface area (Å²) < 4.78 is 0. The molecule has 0 heterocycles. The number of benzene rings is 3. The van der Waals surface area contributed by atoms with Gasteiger partial charge >= 0.3 is 0 Å². The fourth-order valence-electron chi connectivity index (χ4n) is 2.34. The summed E-state index contributed by atoms with van der Waals surface area (Å²) in [6.45, 7) is 0. The van der Waals surface area contributed by atoms with E-state index in [0.717, 1.165) is 18.2 Å². The Morgan fingerprint density at radius 1 is 0.667 bits per heavy atom. The highest BCUT2D eigenvalue weighted by Crippen LogP contribution is 2.06. The van der Waals surface area contributed by atoms with Gasteiger partial charge in [-0.15, -0.1) is 0 Å². The zero-order valence-corrected chi connectivity index (χ0v) is 16.4. The molecule has 0 aliphatic heterocycles. The van der Waals surface area contributed by atoms with E-state index < -0.39 is 11.8 Å². The minimum atomic E-state index is -0.408. The maximum Gasteiger partial charge on any atom is 0.271 e. The third-order valence-corrected chi connectivity index (χ3v) is 3.75. The van der Waals surface area contributed by atoms with Crippen LogP contribution in [-0.4, -0.2) is 36.5 Å². The molecule has 3 aromatic carbocycles. The van der Waals surface area contributed by atoms with E-state index in [1.54, 1.807) is 30.6 Å². The zero-order chi connectivity index (χ0) is 21.6. The average molecular weight is 402 g/mol. The predicted molar refractivity (Wildman–Crippen MR) is 118 cm³/mol. The van der Waals surface area contributed by atoms with Gasteiger partial charge in [-0.1, -0.05) is 66.7 Å². The van der Waals surface area contributed by atoms with Crippen LogP contribution in [0.15, 0.2) is 95.1 Å². The number of nitrogens with zero attached hydrogens (tertiary/aromatic N) is 2. The minimum absolute atomic E-state index is 0.324. The second-order valence-corrected chi connectivity index (χ2v) is 5.80. The molecule has 0 bridgehead atoms. The van der Waals surface area contributed by atoms with Crippen molar-refractivity contribution in [2.24, 2.45) is 10.2 Å². The predicted octanol–water partition coefficient (Wildman–Crippen LogP) is 2.82. The molecule has 0 radical (unpaired) electrons. The summed E-state index contributed by atoms with van der Waals surface area (Å²) in [5.74, 6) is -0.816. The molecule has 2 amide bonds. The van der Waals surface area contributed by atoms with Crippen LogP contribution in [0, 0.1) is 0 Å². The quantitative estimate of drug-likeness (QED) is 0.436. The molecule has 0 spiro atoms. The Kier molecular flexibility index (Phi) is 9.16. The van der Waals surface area contributed by atoms with Crippen LogP contribution in [0.5, 0.6) is 0 Å². The Hall–Kier alpha value is -4.10. The van der Waals surface area contributed by atoms with Gasteiger partial charge in [0.2, 0.25) is 0 Å². The van der Waals surface area contributed by atoms with Crippen molar-refractivity contribution in [1.29, 1.82) is 0 Å². The van der Waals surface area contributed by atoms with Gasteiger partial charge in [0.1, 0.15) is 0 Å². The van der Waals surface area contributed by atoms with Gasteiger partial charge in [0.15, 0.2) is 0 Å². The molecule has 0 unspecified atom stereocenters. The summed E-state index contributed by atoms with van der Waals surface area (Å²) in [6.07, 6.45) is 3.10. The summed E-state index contributed by atoms with van der Waals surface area (Å²) in [5.41, 5.74) is 7.28. The first kappa shape index (κ1) is 22.2. The highest BCUT2D eigenvalue weighted by molar-refractivity contribution is 6.00. The largest absolute Gasteiger partial charge is 0.400 e. The van der Waals surface area contributed by atoms with Crippen molar-refractivity contribution in [3.63, 3.8) is 0 Å². The van der Waals surface area contributed by atoms with Crippen molar-refractivity contribution in [3.8, 4) is 0 Å². The molecule has 0 fully saturated rings. The number of rotatable bonds is 6.